The maximum absolute atomic E-state index is 12.4. The van der Waals surface area contributed by atoms with Crippen molar-refractivity contribution in [1.29, 1.82) is 0 Å². The maximum Gasteiger partial charge on any atom is 0.471 e. The number of hydrogen-bond acceptors (Lipinski definition) is 5. The summed E-state index contributed by atoms with van der Waals surface area (Å²) in [5, 5.41) is 14.5. The van der Waals surface area contributed by atoms with Gasteiger partial charge in [-0.3, -0.25) is 19.7 Å². The Balaban J connectivity index is 1.94. The number of ether oxygens (including phenoxy) is 1. The van der Waals surface area contributed by atoms with Crippen molar-refractivity contribution in [2.45, 2.75) is 56.8 Å². The van der Waals surface area contributed by atoms with Crippen LogP contribution >= 0.6 is 0 Å². The first-order valence-corrected chi connectivity index (χ1v) is 10.2. The van der Waals surface area contributed by atoms with Gasteiger partial charge in [0.2, 0.25) is 0 Å². The number of amides is 1. The summed E-state index contributed by atoms with van der Waals surface area (Å²) in [6.07, 6.45) is -3.33. The highest BCUT2D eigenvalue weighted by molar-refractivity contribution is 5.85. The van der Waals surface area contributed by atoms with Gasteiger partial charge in [-0.05, 0) is 50.5 Å². The number of carboxylic acid groups (broad SMARTS) is 1. The first kappa shape index (κ1) is 24.6. The van der Waals surface area contributed by atoms with Crippen molar-refractivity contribution >= 4 is 17.8 Å². The number of carbonyl (C=O) groups excluding carboxylic acids is 2. The first-order valence-electron chi connectivity index (χ1n) is 10.2. The fourth-order valence-electron chi connectivity index (χ4n) is 3.59. The highest BCUT2D eigenvalue weighted by Crippen LogP contribution is 2.47. The molecule has 3 atom stereocenters. The van der Waals surface area contributed by atoms with Gasteiger partial charge in [0.05, 0.1) is 6.61 Å². The zero-order valence-electron chi connectivity index (χ0n) is 17.2. The van der Waals surface area contributed by atoms with Gasteiger partial charge in [0.15, 0.2) is 0 Å². The Kier molecular flexibility index (Phi) is 8.43. The normalized spacial score (nSPS) is 21.2. The van der Waals surface area contributed by atoms with Crippen LogP contribution in [0.15, 0.2) is 30.3 Å². The maximum atomic E-state index is 12.4. The number of hydrogen-bond donors (Lipinski definition) is 3. The highest BCUT2D eigenvalue weighted by atomic mass is 19.4. The topological polar surface area (TPSA) is 105 Å². The molecule has 1 aromatic carbocycles. The van der Waals surface area contributed by atoms with E-state index in [0.717, 1.165) is 5.56 Å². The number of benzene rings is 1. The SMILES string of the molecule is CCOC(=O)[C@H](CCc1ccccc1)NC1(C(=O)O)CC1CCCNC(=O)C(F)(F)F. The van der Waals surface area contributed by atoms with Crippen molar-refractivity contribution in [3.63, 3.8) is 0 Å². The molecule has 0 spiro atoms. The van der Waals surface area contributed by atoms with Crippen LogP contribution in [0.4, 0.5) is 13.2 Å². The predicted molar refractivity (Wildman–Crippen MR) is 105 cm³/mol. The number of esters is 1. The molecule has 3 N–H and O–H groups in total. The number of carboxylic acids is 1. The molecule has 0 heterocycles. The Bertz CT molecular complexity index is 772. The molecule has 1 aliphatic carbocycles. The van der Waals surface area contributed by atoms with Crippen molar-refractivity contribution in [3.8, 4) is 0 Å². The second-order valence-corrected chi connectivity index (χ2v) is 7.55. The molecule has 0 saturated heterocycles. The molecule has 0 bridgehead atoms. The van der Waals surface area contributed by atoms with Crippen LogP contribution in [0.3, 0.4) is 0 Å². The zero-order valence-corrected chi connectivity index (χ0v) is 17.2. The summed E-state index contributed by atoms with van der Waals surface area (Å²) >= 11 is 0. The van der Waals surface area contributed by atoms with Crippen molar-refractivity contribution < 1.29 is 37.4 Å². The molecular formula is C21H27F3N2O5. The molecule has 2 unspecified atom stereocenters. The minimum atomic E-state index is -4.95. The highest BCUT2D eigenvalue weighted by Gasteiger charge is 2.61. The monoisotopic (exact) mass is 444 g/mol. The largest absolute Gasteiger partial charge is 0.480 e. The summed E-state index contributed by atoms with van der Waals surface area (Å²) in [7, 11) is 0. The van der Waals surface area contributed by atoms with Gasteiger partial charge in [-0.25, -0.2) is 0 Å². The fourth-order valence-corrected chi connectivity index (χ4v) is 3.59. The van der Waals surface area contributed by atoms with Crippen LogP contribution in [0.1, 0.15) is 38.2 Å². The lowest BCUT2D eigenvalue weighted by Crippen LogP contribution is -2.51. The van der Waals surface area contributed by atoms with Gasteiger partial charge >= 0.3 is 24.0 Å². The van der Waals surface area contributed by atoms with Gasteiger partial charge in [0, 0.05) is 6.54 Å². The van der Waals surface area contributed by atoms with Crippen LogP contribution in [-0.2, 0) is 25.5 Å². The molecule has 1 saturated carbocycles. The van der Waals surface area contributed by atoms with Crippen molar-refractivity contribution in [3.05, 3.63) is 35.9 Å². The molecule has 0 radical (unpaired) electrons. The van der Waals surface area contributed by atoms with Gasteiger partial charge in [0.25, 0.3) is 0 Å². The summed E-state index contributed by atoms with van der Waals surface area (Å²) in [4.78, 5) is 35.2. The van der Waals surface area contributed by atoms with E-state index in [1.54, 1.807) is 12.2 Å². The zero-order chi connectivity index (χ0) is 23.1. The molecule has 2 rings (SSSR count). The van der Waals surface area contributed by atoms with E-state index in [0.29, 0.717) is 19.3 Å². The Morgan fingerprint density at radius 2 is 1.94 bits per heavy atom. The van der Waals surface area contributed by atoms with Crippen molar-refractivity contribution in [2.24, 2.45) is 5.92 Å². The quantitative estimate of drug-likeness (QED) is 0.338. The molecule has 0 aliphatic heterocycles. The number of aliphatic carboxylic acids is 1. The van der Waals surface area contributed by atoms with E-state index in [-0.39, 0.29) is 31.9 Å². The third kappa shape index (κ3) is 6.95. The van der Waals surface area contributed by atoms with E-state index in [1.807, 2.05) is 30.3 Å². The summed E-state index contributed by atoms with van der Waals surface area (Å²) in [5.41, 5.74) is -0.335. The standard InChI is InChI=1S/C21H27F3N2O5/c1-2-31-17(27)16(11-10-14-7-4-3-5-8-14)26-20(19(29)30)13-15(20)9-6-12-25-18(28)21(22,23)24/h3-5,7-8,15-16,26H,2,6,9-13H2,1H3,(H,25,28)(H,29,30)/t15?,16-,20?/m0/s1. The lowest BCUT2D eigenvalue weighted by Gasteiger charge is -2.23. The number of rotatable bonds is 12. The van der Waals surface area contributed by atoms with Gasteiger partial charge in [-0.2, -0.15) is 13.2 Å². The molecule has 1 amide bonds. The lowest BCUT2D eigenvalue weighted by atomic mass is 10.0. The second-order valence-electron chi connectivity index (χ2n) is 7.55. The number of carbonyl (C=O) groups is 3. The molecule has 31 heavy (non-hydrogen) atoms. The predicted octanol–water partition coefficient (Wildman–Crippen LogP) is 2.44. The number of nitrogens with one attached hydrogen (secondary N) is 2. The van der Waals surface area contributed by atoms with E-state index >= 15 is 0 Å². The summed E-state index contributed by atoms with van der Waals surface area (Å²) in [6, 6.07) is 8.60. The number of aryl methyl sites for hydroxylation is 1. The van der Waals surface area contributed by atoms with E-state index in [9.17, 15) is 32.7 Å². The molecule has 172 valence electrons. The van der Waals surface area contributed by atoms with Crippen molar-refractivity contribution in [2.75, 3.05) is 13.2 Å². The van der Waals surface area contributed by atoms with E-state index in [1.165, 1.54) is 0 Å². The van der Waals surface area contributed by atoms with E-state index < -0.39 is 35.6 Å². The average molecular weight is 444 g/mol. The second kappa shape index (κ2) is 10.6. The van der Waals surface area contributed by atoms with Crippen LogP contribution < -0.4 is 10.6 Å². The summed E-state index contributed by atoms with van der Waals surface area (Å²) in [5.74, 6) is -4.04. The van der Waals surface area contributed by atoms with Gasteiger partial charge in [-0.15, -0.1) is 0 Å². The Hall–Kier alpha value is -2.62. The van der Waals surface area contributed by atoms with Crippen LogP contribution in [-0.4, -0.2) is 53.9 Å². The third-order valence-corrected chi connectivity index (χ3v) is 5.33. The van der Waals surface area contributed by atoms with E-state index in [4.69, 9.17) is 4.74 Å². The minimum absolute atomic E-state index is 0.157. The molecule has 7 nitrogen and oxygen atoms in total. The van der Waals surface area contributed by atoms with Crippen molar-refractivity contribution in [1.82, 2.24) is 10.6 Å². The average Bonchev–Trinajstić information content (AvgIpc) is 3.42. The minimum Gasteiger partial charge on any atom is -0.480 e. The molecule has 0 aromatic heterocycles. The fraction of sp³-hybridized carbons (Fsp3) is 0.571. The Morgan fingerprint density at radius 1 is 1.26 bits per heavy atom. The molecule has 1 fully saturated rings. The smallest absolute Gasteiger partial charge is 0.471 e. The number of halogens is 3. The van der Waals surface area contributed by atoms with E-state index in [2.05, 4.69) is 5.32 Å². The summed E-state index contributed by atoms with van der Waals surface area (Å²) in [6.45, 7) is 1.61. The molecule has 1 aliphatic rings. The molecule has 10 heteroatoms. The lowest BCUT2D eigenvalue weighted by molar-refractivity contribution is -0.173. The molecule has 1 aromatic rings. The Labute approximate surface area is 178 Å². The number of alkyl halides is 3. The Morgan fingerprint density at radius 3 is 2.52 bits per heavy atom. The van der Waals surface area contributed by atoms with Crippen LogP contribution in [0.5, 0.6) is 0 Å². The van der Waals surface area contributed by atoms with Crippen LogP contribution in [0.25, 0.3) is 0 Å². The summed E-state index contributed by atoms with van der Waals surface area (Å²) < 4.78 is 41.7. The van der Waals surface area contributed by atoms with Gasteiger partial charge < -0.3 is 15.2 Å². The van der Waals surface area contributed by atoms with Gasteiger partial charge in [-0.1, -0.05) is 30.3 Å². The van der Waals surface area contributed by atoms with Crippen LogP contribution in [0, 0.1) is 5.92 Å². The van der Waals surface area contributed by atoms with Gasteiger partial charge in [0.1, 0.15) is 11.6 Å². The third-order valence-electron chi connectivity index (χ3n) is 5.33. The molecular weight excluding hydrogens is 417 g/mol. The van der Waals surface area contributed by atoms with Crippen LogP contribution in [0.2, 0.25) is 0 Å². The first-order chi connectivity index (χ1) is 14.6.